The lowest BCUT2D eigenvalue weighted by Crippen LogP contribution is -2.46. The van der Waals surface area contributed by atoms with Crippen molar-refractivity contribution in [2.45, 2.75) is 32.1 Å². The monoisotopic (exact) mass is 524 g/mol. The molecule has 1 fully saturated rings. The molecule has 10 nitrogen and oxygen atoms in total. The predicted octanol–water partition coefficient (Wildman–Crippen LogP) is 2.52. The summed E-state index contributed by atoms with van der Waals surface area (Å²) in [5, 5.41) is 14.1. The Morgan fingerprint density at radius 2 is 1.82 bits per heavy atom. The molecule has 0 bridgehead atoms. The Kier molecular flexibility index (Phi) is 9.80. The largest absolute Gasteiger partial charge is 0.494 e. The fourth-order valence-corrected chi connectivity index (χ4v) is 4.62. The van der Waals surface area contributed by atoms with Gasteiger partial charge in [0.1, 0.15) is 11.5 Å². The molecule has 0 atom stereocenters. The third kappa shape index (κ3) is 8.11. The van der Waals surface area contributed by atoms with Crippen LogP contribution in [0, 0.1) is 0 Å². The van der Waals surface area contributed by atoms with Gasteiger partial charge in [-0.15, -0.1) is 0 Å². The van der Waals surface area contributed by atoms with Crippen LogP contribution < -0.4 is 25.0 Å². The van der Waals surface area contributed by atoms with E-state index in [0.717, 1.165) is 74.7 Å². The zero-order valence-electron chi connectivity index (χ0n) is 21.6. The molecule has 0 aliphatic carbocycles. The number of hydrogen-bond acceptors (Lipinski definition) is 7. The zero-order chi connectivity index (χ0) is 26.7. The maximum atomic E-state index is 12.0. The van der Waals surface area contributed by atoms with E-state index in [1.165, 1.54) is 0 Å². The first-order chi connectivity index (χ1) is 18.5. The molecule has 0 saturated carbocycles. The van der Waals surface area contributed by atoms with Gasteiger partial charge in [-0.3, -0.25) is 19.3 Å². The summed E-state index contributed by atoms with van der Waals surface area (Å²) in [5.41, 5.74) is 2.98. The van der Waals surface area contributed by atoms with Crippen molar-refractivity contribution in [3.05, 3.63) is 48.0 Å². The molecule has 204 valence electrons. The third-order valence-electron chi connectivity index (χ3n) is 6.71. The van der Waals surface area contributed by atoms with Crippen molar-refractivity contribution < 1.29 is 29.0 Å². The summed E-state index contributed by atoms with van der Waals surface area (Å²) < 4.78 is 11.7. The summed E-state index contributed by atoms with van der Waals surface area (Å²) in [6, 6.07) is 13.6. The minimum absolute atomic E-state index is 0.0585. The lowest BCUT2D eigenvalue weighted by molar-refractivity contribution is -0.137. The number of benzene rings is 2. The SMILES string of the molecule is O=C(O)CCNC(=O)COc1ccccc1N1CCN(CCCCOc2ccc3c(c2)NC(=O)CC3)CC1. The Hall–Kier alpha value is -3.79. The van der Waals surface area contributed by atoms with Crippen LogP contribution in [0.5, 0.6) is 11.5 Å². The van der Waals surface area contributed by atoms with Gasteiger partial charge in [0.15, 0.2) is 6.61 Å². The fourth-order valence-electron chi connectivity index (χ4n) is 4.62. The fraction of sp³-hybridized carbons (Fsp3) is 0.464. The summed E-state index contributed by atoms with van der Waals surface area (Å²) in [7, 11) is 0. The van der Waals surface area contributed by atoms with E-state index < -0.39 is 5.97 Å². The van der Waals surface area contributed by atoms with Crippen molar-refractivity contribution in [1.29, 1.82) is 0 Å². The lowest BCUT2D eigenvalue weighted by Gasteiger charge is -2.36. The van der Waals surface area contributed by atoms with Gasteiger partial charge in [0.05, 0.1) is 18.7 Å². The summed E-state index contributed by atoms with van der Waals surface area (Å²) in [6.45, 7) is 5.18. The van der Waals surface area contributed by atoms with Gasteiger partial charge in [-0.2, -0.15) is 0 Å². The van der Waals surface area contributed by atoms with E-state index in [4.69, 9.17) is 14.6 Å². The maximum absolute atomic E-state index is 12.0. The summed E-state index contributed by atoms with van der Waals surface area (Å²) in [5.74, 6) is 0.203. The molecular formula is C28H36N4O6. The molecule has 38 heavy (non-hydrogen) atoms. The van der Waals surface area contributed by atoms with Crippen molar-refractivity contribution >= 4 is 29.2 Å². The molecule has 10 heteroatoms. The molecule has 2 amide bonds. The number of anilines is 2. The van der Waals surface area contributed by atoms with Crippen molar-refractivity contribution in [1.82, 2.24) is 10.2 Å². The molecule has 4 rings (SSSR count). The van der Waals surface area contributed by atoms with E-state index in [1.807, 2.05) is 42.5 Å². The third-order valence-corrected chi connectivity index (χ3v) is 6.71. The second kappa shape index (κ2) is 13.7. The number of hydrogen-bond donors (Lipinski definition) is 3. The Morgan fingerprint density at radius 1 is 1.00 bits per heavy atom. The Bertz CT molecular complexity index is 1120. The average Bonchev–Trinajstić information content (AvgIpc) is 2.92. The minimum atomic E-state index is -0.952. The van der Waals surface area contributed by atoms with Gasteiger partial charge >= 0.3 is 5.97 Å². The summed E-state index contributed by atoms with van der Waals surface area (Å²) in [6.07, 6.45) is 3.20. The normalized spacial score (nSPS) is 15.4. The van der Waals surface area contributed by atoms with Gasteiger partial charge in [-0.05, 0) is 49.6 Å². The van der Waals surface area contributed by atoms with Crippen LogP contribution in [0.15, 0.2) is 42.5 Å². The van der Waals surface area contributed by atoms with E-state index in [0.29, 0.717) is 18.8 Å². The van der Waals surface area contributed by atoms with Crippen LogP contribution in [-0.2, 0) is 20.8 Å². The van der Waals surface area contributed by atoms with Crippen LogP contribution in [0.1, 0.15) is 31.2 Å². The highest BCUT2D eigenvalue weighted by atomic mass is 16.5. The first kappa shape index (κ1) is 27.3. The molecule has 2 aromatic rings. The number of nitrogens with zero attached hydrogens (tertiary/aromatic N) is 2. The van der Waals surface area contributed by atoms with Gasteiger partial charge in [0, 0.05) is 50.9 Å². The van der Waals surface area contributed by atoms with Crippen LogP contribution in [0.4, 0.5) is 11.4 Å². The van der Waals surface area contributed by atoms with Crippen molar-refractivity contribution in [2.75, 3.05) is 62.7 Å². The topological polar surface area (TPSA) is 120 Å². The number of carbonyl (C=O) groups excluding carboxylic acids is 2. The van der Waals surface area contributed by atoms with E-state index in [1.54, 1.807) is 0 Å². The number of para-hydroxylation sites is 2. The highest BCUT2D eigenvalue weighted by molar-refractivity contribution is 5.94. The Balaban J connectivity index is 1.14. The molecule has 2 aliphatic heterocycles. The zero-order valence-corrected chi connectivity index (χ0v) is 21.6. The molecular weight excluding hydrogens is 488 g/mol. The number of rotatable bonds is 13. The summed E-state index contributed by atoms with van der Waals surface area (Å²) >= 11 is 0. The van der Waals surface area contributed by atoms with Crippen molar-refractivity contribution in [3.8, 4) is 11.5 Å². The number of fused-ring (bicyclic) bond motifs is 1. The van der Waals surface area contributed by atoms with E-state index >= 15 is 0 Å². The Labute approximate surface area is 222 Å². The average molecular weight is 525 g/mol. The number of carbonyl (C=O) groups is 3. The molecule has 0 unspecified atom stereocenters. The van der Waals surface area contributed by atoms with E-state index in [2.05, 4.69) is 20.4 Å². The molecule has 2 aliphatic rings. The highest BCUT2D eigenvalue weighted by Crippen LogP contribution is 2.29. The number of aryl methyl sites for hydroxylation is 1. The van der Waals surface area contributed by atoms with Crippen LogP contribution in [0.25, 0.3) is 0 Å². The van der Waals surface area contributed by atoms with Crippen LogP contribution in [0.2, 0.25) is 0 Å². The number of piperazine rings is 1. The van der Waals surface area contributed by atoms with Gasteiger partial charge in [-0.25, -0.2) is 0 Å². The van der Waals surface area contributed by atoms with Crippen LogP contribution in [-0.4, -0.2) is 80.3 Å². The standard InChI is InChI=1S/C28H36N4O6/c33-26-10-8-21-7-9-22(19-23(21)30-26)37-18-4-3-13-31-14-16-32(17-15-31)24-5-1-2-6-25(24)38-20-27(34)29-12-11-28(35)36/h1-2,5-7,9,19H,3-4,8,10-18,20H2,(H,29,34)(H,30,33)(H,35,36). The number of carboxylic acids is 1. The maximum Gasteiger partial charge on any atom is 0.305 e. The number of ether oxygens (including phenoxy) is 2. The number of carboxylic acid groups (broad SMARTS) is 1. The molecule has 0 aromatic heterocycles. The highest BCUT2D eigenvalue weighted by Gasteiger charge is 2.20. The quantitative estimate of drug-likeness (QED) is 0.342. The second-order valence-electron chi connectivity index (χ2n) is 9.50. The molecule has 0 spiro atoms. The minimum Gasteiger partial charge on any atom is -0.494 e. The number of amides is 2. The first-order valence-corrected chi connectivity index (χ1v) is 13.2. The molecule has 3 N–H and O–H groups in total. The Morgan fingerprint density at radius 3 is 2.63 bits per heavy atom. The summed E-state index contributed by atoms with van der Waals surface area (Å²) in [4.78, 5) is 38.9. The van der Waals surface area contributed by atoms with Gasteiger partial charge < -0.3 is 30.1 Å². The number of unbranched alkanes of at least 4 members (excludes halogenated alkanes) is 1. The first-order valence-electron chi connectivity index (χ1n) is 13.2. The van der Waals surface area contributed by atoms with Gasteiger partial charge in [-0.1, -0.05) is 18.2 Å². The molecule has 2 heterocycles. The van der Waals surface area contributed by atoms with Gasteiger partial charge in [0.25, 0.3) is 5.91 Å². The number of nitrogens with one attached hydrogen (secondary N) is 2. The van der Waals surface area contributed by atoms with E-state index in [9.17, 15) is 14.4 Å². The predicted molar refractivity (Wildman–Crippen MR) is 144 cm³/mol. The van der Waals surface area contributed by atoms with Crippen LogP contribution in [0.3, 0.4) is 0 Å². The van der Waals surface area contributed by atoms with E-state index in [-0.39, 0.29) is 31.4 Å². The van der Waals surface area contributed by atoms with Crippen molar-refractivity contribution in [2.24, 2.45) is 0 Å². The second-order valence-corrected chi connectivity index (χ2v) is 9.50. The molecule has 2 aromatic carbocycles. The van der Waals surface area contributed by atoms with Crippen molar-refractivity contribution in [3.63, 3.8) is 0 Å². The molecule has 0 radical (unpaired) electrons. The lowest BCUT2D eigenvalue weighted by atomic mass is 10.0. The van der Waals surface area contributed by atoms with Crippen LogP contribution >= 0.6 is 0 Å². The number of aliphatic carboxylic acids is 1. The molecule has 1 saturated heterocycles. The smallest absolute Gasteiger partial charge is 0.305 e. The van der Waals surface area contributed by atoms with Gasteiger partial charge in [0.2, 0.25) is 5.91 Å².